The zero-order valence-corrected chi connectivity index (χ0v) is 22.5. The van der Waals surface area contributed by atoms with Crippen molar-refractivity contribution in [3.05, 3.63) is 81.0 Å². The van der Waals surface area contributed by atoms with Gasteiger partial charge in [-0.1, -0.05) is 0 Å². The predicted molar refractivity (Wildman–Crippen MR) is 137 cm³/mol. The highest BCUT2D eigenvalue weighted by atomic mass is 19.4. The van der Waals surface area contributed by atoms with Crippen molar-refractivity contribution in [2.24, 2.45) is 0 Å². The number of nitriles is 6. The van der Waals surface area contributed by atoms with Crippen molar-refractivity contribution < 1.29 is 35.1 Å². The van der Waals surface area contributed by atoms with E-state index in [1.165, 1.54) is 24.3 Å². The third-order valence-corrected chi connectivity index (χ3v) is 6.58. The number of rotatable bonds is 2. The van der Waals surface area contributed by atoms with E-state index in [2.05, 4.69) is 29.9 Å². The minimum atomic E-state index is -5.33. The summed E-state index contributed by atoms with van der Waals surface area (Å²) < 4.78 is 109. The molecule has 5 rings (SSSR count). The van der Waals surface area contributed by atoms with Crippen LogP contribution in [0.25, 0.3) is 33.4 Å². The normalized spacial score (nSPS) is 13.5. The van der Waals surface area contributed by atoms with Gasteiger partial charge in [-0.2, -0.15) is 86.6 Å². The summed E-state index contributed by atoms with van der Waals surface area (Å²) in [7, 11) is 0. The predicted octanol–water partition coefficient (Wildman–Crippen LogP) is 4.87. The molecule has 0 fully saturated rings. The minimum absolute atomic E-state index is 0.333. The van der Waals surface area contributed by atoms with Crippen LogP contribution in [0.1, 0.15) is 45.6 Å². The number of hydrogen-bond donors (Lipinski definition) is 0. The van der Waals surface area contributed by atoms with Gasteiger partial charge in [0, 0.05) is 33.4 Å². The molecule has 0 atom stereocenters. The Bertz CT molecular complexity index is 2210. The molecule has 0 N–H and O–H groups in total. The van der Waals surface area contributed by atoms with Crippen molar-refractivity contribution in [1.82, 2.24) is 29.9 Å². The Hall–Kier alpha value is -7.42. The molecule has 2 aliphatic carbocycles. The topological polar surface area (TPSA) is 220 Å². The summed E-state index contributed by atoms with van der Waals surface area (Å²) in [6.45, 7) is 0. The van der Waals surface area contributed by atoms with Crippen LogP contribution in [0.15, 0.2) is 23.3 Å². The Morgan fingerprint density at radius 2 is 0.833 bits per heavy atom. The van der Waals surface area contributed by atoms with Gasteiger partial charge in [-0.05, 0) is 23.3 Å². The molecule has 0 aliphatic heterocycles. The van der Waals surface area contributed by atoms with E-state index in [0.717, 1.165) is 12.1 Å². The molecule has 2 aliphatic rings. The summed E-state index contributed by atoms with van der Waals surface area (Å²) in [6, 6.07) is 11.1. The second kappa shape index (κ2) is 11.2. The maximum atomic E-state index is 14.3. The van der Waals surface area contributed by atoms with E-state index in [1.54, 1.807) is 12.1 Å². The lowest BCUT2D eigenvalue weighted by atomic mass is 9.91. The van der Waals surface area contributed by atoms with Crippen LogP contribution in [0.4, 0.5) is 35.1 Å². The molecule has 2 aromatic heterocycles. The van der Waals surface area contributed by atoms with Crippen LogP contribution in [0.5, 0.6) is 0 Å². The van der Waals surface area contributed by atoms with Crippen molar-refractivity contribution in [1.29, 1.82) is 31.6 Å². The number of allylic oxidation sites excluding steroid dienone is 8. The maximum absolute atomic E-state index is 14.3. The standard InChI is InChI=1S/C28H2F8N12/c29-25-45-21(43-23(47-25)27(31,32)33)19-15(7-41)11-1-12-14(2-13(11)17(19)9(3-37)4-38)18(10(5-39)6-40)20(16(12)8-42)22-44-24(28(34,35)36)48-26(30)46-22/h1-2H. The second-order valence-corrected chi connectivity index (χ2v) is 9.11. The summed E-state index contributed by atoms with van der Waals surface area (Å²) in [4.78, 5) is 18.0. The zero-order valence-electron chi connectivity index (χ0n) is 22.5. The molecule has 3 aromatic rings. The first kappa shape index (κ1) is 32.0. The van der Waals surface area contributed by atoms with Gasteiger partial charge >= 0.3 is 24.5 Å². The highest BCUT2D eigenvalue weighted by Crippen LogP contribution is 2.53. The van der Waals surface area contributed by atoms with E-state index in [4.69, 9.17) is 0 Å². The van der Waals surface area contributed by atoms with Gasteiger partial charge in [-0.25, -0.2) is 9.97 Å². The largest absolute Gasteiger partial charge is 0.451 e. The van der Waals surface area contributed by atoms with Crippen LogP contribution >= 0.6 is 0 Å². The number of nitrogens with zero attached hydrogens (tertiary/aromatic N) is 12. The van der Waals surface area contributed by atoms with E-state index in [1.807, 2.05) is 0 Å². The van der Waals surface area contributed by atoms with Gasteiger partial charge in [0.15, 0.2) is 11.6 Å². The average Bonchev–Trinajstić information content (AvgIpc) is 3.52. The van der Waals surface area contributed by atoms with Crippen molar-refractivity contribution in [2.45, 2.75) is 12.4 Å². The zero-order chi connectivity index (χ0) is 35.3. The van der Waals surface area contributed by atoms with Crippen molar-refractivity contribution in [3.8, 4) is 36.4 Å². The van der Waals surface area contributed by atoms with Gasteiger partial charge in [0.1, 0.15) is 47.6 Å². The number of hydrogen-bond acceptors (Lipinski definition) is 12. The first-order valence-electron chi connectivity index (χ1n) is 12.2. The van der Waals surface area contributed by atoms with Crippen LogP contribution in [0.3, 0.4) is 0 Å². The van der Waals surface area contributed by atoms with E-state index >= 15 is 0 Å². The highest BCUT2D eigenvalue weighted by molar-refractivity contribution is 6.29. The molecule has 0 unspecified atom stereocenters. The summed E-state index contributed by atoms with van der Waals surface area (Å²) in [6.07, 6.45) is -14.6. The minimum Gasteiger partial charge on any atom is -0.204 e. The first-order valence-corrected chi connectivity index (χ1v) is 12.2. The quantitative estimate of drug-likeness (QED) is 0.266. The molecule has 20 heteroatoms. The van der Waals surface area contributed by atoms with Crippen LogP contribution < -0.4 is 0 Å². The number of benzene rings is 1. The molecule has 12 nitrogen and oxygen atoms in total. The Labute approximate surface area is 260 Å². The van der Waals surface area contributed by atoms with Crippen LogP contribution in [0, 0.1) is 80.1 Å². The molecule has 0 amide bonds. The molecule has 48 heavy (non-hydrogen) atoms. The van der Waals surface area contributed by atoms with Gasteiger partial charge in [0.05, 0.1) is 11.1 Å². The molecule has 1 aromatic carbocycles. The Kier molecular flexibility index (Phi) is 7.45. The van der Waals surface area contributed by atoms with Crippen molar-refractivity contribution in [2.75, 3.05) is 0 Å². The summed E-state index contributed by atoms with van der Waals surface area (Å²) in [5.41, 5.74) is -7.18. The van der Waals surface area contributed by atoms with Gasteiger partial charge in [-0.3, -0.25) is 0 Å². The molecule has 0 spiro atoms. The molecule has 230 valence electrons. The van der Waals surface area contributed by atoms with Crippen molar-refractivity contribution in [3.63, 3.8) is 0 Å². The lowest BCUT2D eigenvalue weighted by Crippen LogP contribution is -2.15. The fraction of sp³-hybridized carbons (Fsp3) is 0.0714. The molecule has 0 radical (unpaired) electrons. The third-order valence-electron chi connectivity index (χ3n) is 6.58. The maximum Gasteiger partial charge on any atom is 0.451 e. The SMILES string of the molecule is N#CC(C#N)=C1C(c2nc(F)nc(C(F)(F)F)n2)=C(C#N)c2cc3c(cc21)C(=C(C#N)C#N)C(c1nc(F)nc(C(F)(F)F)n1)=C3C#N. The molecule has 2 heterocycles. The molecule has 0 bridgehead atoms. The highest BCUT2D eigenvalue weighted by Gasteiger charge is 2.42. The summed E-state index contributed by atoms with van der Waals surface area (Å²) in [5.74, 6) is -6.35. The van der Waals surface area contributed by atoms with E-state index in [9.17, 15) is 66.7 Å². The lowest BCUT2D eigenvalue weighted by Gasteiger charge is -2.12. The first-order chi connectivity index (χ1) is 22.6. The second-order valence-electron chi connectivity index (χ2n) is 9.11. The molecular formula is C28H2F8N12. The molecular weight excluding hydrogens is 656 g/mol. The number of halogens is 8. The Morgan fingerprint density at radius 1 is 0.500 bits per heavy atom. The van der Waals surface area contributed by atoms with Crippen LogP contribution in [-0.4, -0.2) is 29.9 Å². The van der Waals surface area contributed by atoms with Gasteiger partial charge in [0.2, 0.25) is 11.6 Å². The monoisotopic (exact) mass is 658 g/mol. The lowest BCUT2D eigenvalue weighted by molar-refractivity contribution is -0.146. The Morgan fingerprint density at radius 3 is 1.12 bits per heavy atom. The van der Waals surface area contributed by atoms with Crippen molar-refractivity contribution >= 4 is 33.4 Å². The average molecular weight is 658 g/mol. The number of aromatic nitrogens is 6. The smallest absolute Gasteiger partial charge is 0.204 e. The van der Waals surface area contributed by atoms with Gasteiger partial charge < -0.3 is 0 Å². The summed E-state index contributed by atoms with van der Waals surface area (Å²) in [5, 5.41) is 59.2. The fourth-order valence-electron chi connectivity index (χ4n) is 4.87. The van der Waals surface area contributed by atoms with Crippen LogP contribution in [-0.2, 0) is 12.4 Å². The molecule has 0 saturated carbocycles. The third kappa shape index (κ3) is 4.98. The van der Waals surface area contributed by atoms with E-state index in [0.29, 0.717) is 0 Å². The summed E-state index contributed by atoms with van der Waals surface area (Å²) >= 11 is 0. The van der Waals surface area contributed by atoms with Crippen LogP contribution in [0.2, 0.25) is 0 Å². The van der Waals surface area contributed by atoms with E-state index in [-0.39, 0.29) is 22.3 Å². The Balaban J connectivity index is 1.94. The number of alkyl halides is 6. The van der Waals surface area contributed by atoms with Gasteiger partial charge in [0.25, 0.3) is 0 Å². The number of fused-ring (bicyclic) bond motifs is 2. The molecule has 0 saturated heterocycles. The van der Waals surface area contributed by atoms with Gasteiger partial charge in [-0.15, -0.1) is 0 Å². The van der Waals surface area contributed by atoms with E-state index < -0.39 is 92.4 Å². The fourth-order valence-corrected chi connectivity index (χ4v) is 4.87.